The van der Waals surface area contributed by atoms with E-state index in [4.69, 9.17) is 9.47 Å². The van der Waals surface area contributed by atoms with Crippen LogP contribution >= 0.6 is 11.8 Å². The molecule has 3 aromatic carbocycles. The molecule has 150 valence electrons. The average Bonchev–Trinajstić information content (AvgIpc) is 2.77. The summed E-state index contributed by atoms with van der Waals surface area (Å²) in [6.45, 7) is 2.05. The molecular formula is C24H25NO3S. The van der Waals surface area contributed by atoms with Crippen molar-refractivity contribution < 1.29 is 14.3 Å². The normalized spacial score (nSPS) is 10.6. The molecular weight excluding hydrogens is 382 g/mol. The lowest BCUT2D eigenvalue weighted by atomic mass is 9.98. The van der Waals surface area contributed by atoms with Crippen LogP contribution < -0.4 is 14.8 Å². The van der Waals surface area contributed by atoms with Crippen molar-refractivity contribution in [2.24, 2.45) is 0 Å². The zero-order valence-corrected chi connectivity index (χ0v) is 17.7. The third-order valence-corrected chi connectivity index (χ3v) is 5.61. The molecule has 0 atom stereocenters. The van der Waals surface area contributed by atoms with Gasteiger partial charge in [0.15, 0.2) is 0 Å². The maximum atomic E-state index is 12.7. The van der Waals surface area contributed by atoms with Crippen LogP contribution in [-0.2, 0) is 4.79 Å². The number of rotatable bonds is 8. The van der Waals surface area contributed by atoms with Gasteiger partial charge >= 0.3 is 0 Å². The van der Waals surface area contributed by atoms with E-state index in [1.165, 1.54) is 17.3 Å². The minimum atomic E-state index is -0.252. The topological polar surface area (TPSA) is 47.6 Å². The summed E-state index contributed by atoms with van der Waals surface area (Å²) in [6, 6.07) is 23.4. The predicted octanol–water partition coefficient (Wildman–Crippen LogP) is 5.01. The summed E-state index contributed by atoms with van der Waals surface area (Å²) in [5.41, 5.74) is 3.19. The van der Waals surface area contributed by atoms with Crippen LogP contribution in [0.4, 0.5) is 0 Å². The van der Waals surface area contributed by atoms with Crippen molar-refractivity contribution in [3.63, 3.8) is 0 Å². The van der Waals surface area contributed by atoms with Gasteiger partial charge in [0.25, 0.3) is 0 Å². The molecule has 0 aliphatic rings. The monoisotopic (exact) mass is 407 g/mol. The van der Waals surface area contributed by atoms with E-state index < -0.39 is 0 Å². The lowest BCUT2D eigenvalue weighted by Gasteiger charge is -2.20. The molecule has 0 saturated carbocycles. The second kappa shape index (κ2) is 10.0. The van der Waals surface area contributed by atoms with Crippen LogP contribution in [0.3, 0.4) is 0 Å². The number of hydrogen-bond acceptors (Lipinski definition) is 4. The van der Waals surface area contributed by atoms with Crippen LogP contribution in [0.2, 0.25) is 0 Å². The summed E-state index contributed by atoms with van der Waals surface area (Å²) in [6.07, 6.45) is 0. The molecule has 0 bridgehead atoms. The summed E-state index contributed by atoms with van der Waals surface area (Å²) in [5, 5.41) is 3.16. The summed E-state index contributed by atoms with van der Waals surface area (Å²) < 4.78 is 10.5. The molecule has 29 heavy (non-hydrogen) atoms. The van der Waals surface area contributed by atoms with Crippen molar-refractivity contribution in [3.05, 3.63) is 89.5 Å². The molecule has 1 N–H and O–H groups in total. The van der Waals surface area contributed by atoms with E-state index in [-0.39, 0.29) is 11.9 Å². The second-order valence-electron chi connectivity index (χ2n) is 6.65. The van der Waals surface area contributed by atoms with Crippen LogP contribution in [0.1, 0.15) is 22.7 Å². The number of nitrogens with one attached hydrogen (secondary N) is 1. The lowest BCUT2D eigenvalue weighted by Crippen LogP contribution is -2.30. The molecule has 4 nitrogen and oxygen atoms in total. The Morgan fingerprint density at radius 2 is 1.31 bits per heavy atom. The largest absolute Gasteiger partial charge is 0.497 e. The van der Waals surface area contributed by atoms with Gasteiger partial charge < -0.3 is 14.8 Å². The molecule has 0 radical (unpaired) electrons. The maximum Gasteiger partial charge on any atom is 0.231 e. The highest BCUT2D eigenvalue weighted by Gasteiger charge is 2.17. The van der Waals surface area contributed by atoms with E-state index in [1.807, 2.05) is 60.7 Å². The molecule has 5 heteroatoms. The van der Waals surface area contributed by atoms with E-state index in [0.717, 1.165) is 27.5 Å². The number of benzene rings is 3. The third kappa shape index (κ3) is 5.78. The summed E-state index contributed by atoms with van der Waals surface area (Å²) >= 11 is 1.53. The van der Waals surface area contributed by atoms with Gasteiger partial charge in [-0.15, -0.1) is 11.8 Å². The lowest BCUT2D eigenvalue weighted by molar-refractivity contribution is -0.119. The Labute approximate surface area is 176 Å². The predicted molar refractivity (Wildman–Crippen MR) is 118 cm³/mol. The van der Waals surface area contributed by atoms with Crippen molar-refractivity contribution in [1.82, 2.24) is 5.32 Å². The van der Waals surface area contributed by atoms with E-state index in [2.05, 4.69) is 24.4 Å². The fourth-order valence-corrected chi connectivity index (χ4v) is 3.65. The Bertz CT molecular complexity index is 874. The van der Waals surface area contributed by atoms with Gasteiger partial charge in [-0.1, -0.05) is 42.0 Å². The number of methoxy groups -OCH3 is 2. The molecule has 0 aromatic heterocycles. The van der Waals surface area contributed by atoms with E-state index in [0.29, 0.717) is 5.75 Å². The van der Waals surface area contributed by atoms with Crippen molar-refractivity contribution in [2.75, 3.05) is 20.0 Å². The van der Waals surface area contributed by atoms with Crippen LogP contribution in [0.25, 0.3) is 0 Å². The van der Waals surface area contributed by atoms with Crippen molar-refractivity contribution >= 4 is 17.7 Å². The molecule has 0 saturated heterocycles. The third-order valence-electron chi connectivity index (χ3n) is 4.59. The SMILES string of the molecule is COc1ccc(C(NC(=O)CSc2ccc(C)cc2)c2ccc(OC)cc2)cc1. The first-order valence-electron chi connectivity index (χ1n) is 9.36. The smallest absolute Gasteiger partial charge is 0.231 e. The van der Waals surface area contributed by atoms with Crippen LogP contribution in [0, 0.1) is 6.92 Å². The highest BCUT2D eigenvalue weighted by molar-refractivity contribution is 8.00. The first kappa shape index (κ1) is 20.8. The van der Waals surface area contributed by atoms with Crippen LogP contribution in [0.5, 0.6) is 11.5 Å². The van der Waals surface area contributed by atoms with Crippen molar-refractivity contribution in [2.45, 2.75) is 17.9 Å². The molecule has 3 aromatic rings. The fourth-order valence-electron chi connectivity index (χ4n) is 2.94. The van der Waals surface area contributed by atoms with E-state index in [9.17, 15) is 4.79 Å². The van der Waals surface area contributed by atoms with Gasteiger partial charge in [0, 0.05) is 4.90 Å². The Kier molecular flexibility index (Phi) is 7.19. The van der Waals surface area contributed by atoms with Gasteiger partial charge in [0.05, 0.1) is 26.0 Å². The minimum absolute atomic E-state index is 0.0211. The molecule has 0 spiro atoms. The zero-order valence-electron chi connectivity index (χ0n) is 16.8. The molecule has 0 aliphatic heterocycles. The van der Waals surface area contributed by atoms with E-state index >= 15 is 0 Å². The van der Waals surface area contributed by atoms with Crippen LogP contribution in [-0.4, -0.2) is 25.9 Å². The number of hydrogen-bond donors (Lipinski definition) is 1. The summed E-state index contributed by atoms with van der Waals surface area (Å²) in [7, 11) is 3.28. The van der Waals surface area contributed by atoms with Crippen molar-refractivity contribution in [1.29, 1.82) is 0 Å². The first-order chi connectivity index (χ1) is 14.1. The summed E-state index contributed by atoms with van der Waals surface area (Å²) in [4.78, 5) is 13.8. The molecule has 0 heterocycles. The molecule has 1 amide bonds. The fraction of sp³-hybridized carbons (Fsp3) is 0.208. The van der Waals surface area contributed by atoms with Gasteiger partial charge in [-0.2, -0.15) is 0 Å². The molecule has 0 unspecified atom stereocenters. The number of ether oxygens (including phenoxy) is 2. The maximum absolute atomic E-state index is 12.7. The minimum Gasteiger partial charge on any atom is -0.497 e. The Morgan fingerprint density at radius 3 is 1.76 bits per heavy atom. The average molecular weight is 408 g/mol. The summed E-state index contributed by atoms with van der Waals surface area (Å²) in [5.74, 6) is 1.89. The van der Waals surface area contributed by atoms with Gasteiger partial charge in [0.1, 0.15) is 11.5 Å². The van der Waals surface area contributed by atoms with Gasteiger partial charge in [-0.25, -0.2) is 0 Å². The van der Waals surface area contributed by atoms with Crippen molar-refractivity contribution in [3.8, 4) is 11.5 Å². The highest BCUT2D eigenvalue weighted by Crippen LogP contribution is 2.26. The second-order valence-corrected chi connectivity index (χ2v) is 7.70. The Hall–Kier alpha value is -2.92. The Morgan fingerprint density at radius 1 is 0.828 bits per heavy atom. The standard InChI is InChI=1S/C24H25NO3S/c1-17-4-14-22(15-5-17)29-16-23(26)25-24(18-6-10-20(27-2)11-7-18)19-8-12-21(28-3)13-9-19/h4-15,24H,16H2,1-3H3,(H,25,26). The number of aryl methyl sites for hydroxylation is 1. The zero-order chi connectivity index (χ0) is 20.6. The molecule has 0 fully saturated rings. The van der Waals surface area contributed by atoms with Gasteiger partial charge in [0.2, 0.25) is 5.91 Å². The number of carbonyl (C=O) groups excluding carboxylic acids is 1. The van der Waals surface area contributed by atoms with Gasteiger partial charge in [-0.05, 0) is 54.4 Å². The van der Waals surface area contributed by atoms with Gasteiger partial charge in [-0.3, -0.25) is 4.79 Å². The molecule has 0 aliphatic carbocycles. The Balaban J connectivity index is 1.75. The molecule has 3 rings (SSSR count). The number of thioether (sulfide) groups is 1. The van der Waals surface area contributed by atoms with Crippen LogP contribution in [0.15, 0.2) is 77.7 Å². The highest BCUT2D eigenvalue weighted by atomic mass is 32.2. The number of amides is 1. The quantitative estimate of drug-likeness (QED) is 0.533. The number of carbonyl (C=O) groups is 1. The first-order valence-corrected chi connectivity index (χ1v) is 10.3. The van der Waals surface area contributed by atoms with E-state index in [1.54, 1.807) is 14.2 Å².